The van der Waals surface area contributed by atoms with Crippen molar-refractivity contribution >= 4 is 21.6 Å². The standard InChI is InChI=1S/C10H12ClFN2O2S/c11-7-1-2-10(9(12)5-7)17(15,16)14-8-3-4-13-6-8/h1-2,5,8,13-14H,3-4,6H2/t8-/m0/s1. The summed E-state index contributed by atoms with van der Waals surface area (Å²) in [4.78, 5) is -0.367. The number of benzene rings is 1. The highest BCUT2D eigenvalue weighted by atomic mass is 35.5. The Kier molecular flexibility index (Phi) is 3.67. The fourth-order valence-electron chi connectivity index (χ4n) is 1.73. The van der Waals surface area contributed by atoms with Gasteiger partial charge in [0.05, 0.1) is 0 Å². The Labute approximate surface area is 104 Å². The molecule has 0 aliphatic carbocycles. The van der Waals surface area contributed by atoms with Gasteiger partial charge in [-0.1, -0.05) is 11.6 Å². The molecule has 0 aromatic heterocycles. The van der Waals surface area contributed by atoms with Gasteiger partial charge in [0.1, 0.15) is 10.7 Å². The third-order valence-electron chi connectivity index (χ3n) is 2.57. The lowest BCUT2D eigenvalue weighted by Gasteiger charge is -2.12. The zero-order chi connectivity index (χ0) is 12.5. The van der Waals surface area contributed by atoms with Crippen molar-refractivity contribution in [1.82, 2.24) is 10.0 Å². The van der Waals surface area contributed by atoms with Crippen LogP contribution in [0.2, 0.25) is 5.02 Å². The second kappa shape index (κ2) is 4.89. The monoisotopic (exact) mass is 278 g/mol. The highest BCUT2D eigenvalue weighted by Crippen LogP contribution is 2.19. The number of halogens is 2. The molecule has 1 aromatic carbocycles. The predicted molar refractivity (Wildman–Crippen MR) is 63.0 cm³/mol. The number of rotatable bonds is 3. The van der Waals surface area contributed by atoms with Crippen LogP contribution in [-0.2, 0) is 10.0 Å². The van der Waals surface area contributed by atoms with Crippen molar-refractivity contribution in [2.24, 2.45) is 0 Å². The molecule has 1 aliphatic heterocycles. The minimum absolute atomic E-state index is 0.170. The number of nitrogens with one attached hydrogen (secondary N) is 2. The topological polar surface area (TPSA) is 58.2 Å². The van der Waals surface area contributed by atoms with E-state index in [4.69, 9.17) is 11.6 Å². The largest absolute Gasteiger partial charge is 0.315 e. The summed E-state index contributed by atoms with van der Waals surface area (Å²) in [7, 11) is -3.81. The zero-order valence-electron chi connectivity index (χ0n) is 8.91. The van der Waals surface area contributed by atoms with Gasteiger partial charge >= 0.3 is 0 Å². The van der Waals surface area contributed by atoms with Gasteiger partial charge in [-0.2, -0.15) is 0 Å². The van der Waals surface area contributed by atoms with Crippen LogP contribution < -0.4 is 10.0 Å². The SMILES string of the molecule is O=S(=O)(N[C@H]1CCNC1)c1ccc(Cl)cc1F. The van der Waals surface area contributed by atoms with Crippen LogP contribution in [0, 0.1) is 5.82 Å². The molecule has 0 radical (unpaired) electrons. The highest BCUT2D eigenvalue weighted by molar-refractivity contribution is 7.89. The van der Waals surface area contributed by atoms with E-state index in [1.165, 1.54) is 12.1 Å². The molecule has 1 aromatic rings. The molecule has 0 saturated carbocycles. The van der Waals surface area contributed by atoms with Crippen molar-refractivity contribution in [3.8, 4) is 0 Å². The van der Waals surface area contributed by atoms with Gasteiger partial charge in [0.2, 0.25) is 10.0 Å². The molecule has 1 heterocycles. The molecule has 4 nitrogen and oxygen atoms in total. The molecule has 1 saturated heterocycles. The van der Waals surface area contributed by atoms with Crippen LogP contribution >= 0.6 is 11.6 Å². The summed E-state index contributed by atoms with van der Waals surface area (Å²) < 4.78 is 39.8. The van der Waals surface area contributed by atoms with Gasteiger partial charge in [-0.25, -0.2) is 17.5 Å². The summed E-state index contributed by atoms with van der Waals surface area (Å²) in [6.45, 7) is 1.32. The van der Waals surface area contributed by atoms with Crippen molar-refractivity contribution in [1.29, 1.82) is 0 Å². The van der Waals surface area contributed by atoms with Crippen LogP contribution in [0.1, 0.15) is 6.42 Å². The molecule has 2 rings (SSSR count). The number of hydrogen-bond acceptors (Lipinski definition) is 3. The van der Waals surface area contributed by atoms with Crippen molar-refractivity contribution in [3.05, 3.63) is 29.0 Å². The average molecular weight is 279 g/mol. The lowest BCUT2D eigenvalue weighted by molar-refractivity contribution is 0.542. The fraction of sp³-hybridized carbons (Fsp3) is 0.400. The predicted octanol–water partition coefficient (Wildman–Crippen LogP) is 1.12. The Morgan fingerprint density at radius 3 is 2.82 bits per heavy atom. The summed E-state index contributed by atoms with van der Waals surface area (Å²) in [5.41, 5.74) is 0. The molecular formula is C10H12ClFN2O2S. The quantitative estimate of drug-likeness (QED) is 0.871. The Morgan fingerprint density at radius 2 is 2.24 bits per heavy atom. The lowest BCUT2D eigenvalue weighted by Crippen LogP contribution is -2.36. The van der Waals surface area contributed by atoms with Crippen LogP contribution in [0.25, 0.3) is 0 Å². The van der Waals surface area contributed by atoms with Crippen LogP contribution in [0.4, 0.5) is 4.39 Å². The Bertz CT molecular complexity index is 515. The van der Waals surface area contributed by atoms with Gasteiger partial charge in [0, 0.05) is 17.6 Å². The summed E-state index contributed by atoms with van der Waals surface area (Å²) in [5.74, 6) is -0.837. The van der Waals surface area contributed by atoms with Crippen LogP contribution in [0.15, 0.2) is 23.1 Å². The smallest absolute Gasteiger partial charge is 0.243 e. The first-order valence-electron chi connectivity index (χ1n) is 5.17. The molecule has 1 aliphatic rings. The van der Waals surface area contributed by atoms with Crippen LogP contribution in [0.5, 0.6) is 0 Å². The summed E-state index contributed by atoms with van der Waals surface area (Å²) in [6, 6.07) is 3.33. The first-order chi connectivity index (χ1) is 7.99. The zero-order valence-corrected chi connectivity index (χ0v) is 10.5. The number of sulfonamides is 1. The molecule has 0 bridgehead atoms. The Morgan fingerprint density at radius 1 is 1.47 bits per heavy atom. The van der Waals surface area contributed by atoms with Crippen molar-refractivity contribution in [2.75, 3.05) is 13.1 Å². The Hall–Kier alpha value is -0.690. The van der Waals surface area contributed by atoms with E-state index in [0.717, 1.165) is 12.6 Å². The van der Waals surface area contributed by atoms with Crippen molar-refractivity contribution in [3.63, 3.8) is 0 Å². The Balaban J connectivity index is 2.24. The maximum absolute atomic E-state index is 13.5. The summed E-state index contributed by atoms with van der Waals surface area (Å²) >= 11 is 5.57. The summed E-state index contributed by atoms with van der Waals surface area (Å²) in [6.07, 6.45) is 0.703. The van der Waals surface area contributed by atoms with Gasteiger partial charge in [-0.05, 0) is 31.2 Å². The van der Waals surface area contributed by atoms with Crippen LogP contribution in [0.3, 0.4) is 0 Å². The highest BCUT2D eigenvalue weighted by Gasteiger charge is 2.25. The van der Waals surface area contributed by atoms with Crippen LogP contribution in [-0.4, -0.2) is 27.5 Å². The average Bonchev–Trinajstić information content (AvgIpc) is 2.68. The summed E-state index contributed by atoms with van der Waals surface area (Å²) in [5, 5.41) is 3.20. The maximum Gasteiger partial charge on any atom is 0.243 e. The molecule has 0 amide bonds. The molecule has 7 heteroatoms. The van der Waals surface area contributed by atoms with E-state index in [0.29, 0.717) is 13.0 Å². The molecule has 94 valence electrons. The molecule has 1 atom stereocenters. The van der Waals surface area contributed by atoms with E-state index < -0.39 is 15.8 Å². The van der Waals surface area contributed by atoms with Gasteiger partial charge in [0.15, 0.2) is 0 Å². The second-order valence-electron chi connectivity index (χ2n) is 3.89. The molecule has 0 unspecified atom stereocenters. The minimum Gasteiger partial charge on any atom is -0.315 e. The molecule has 2 N–H and O–H groups in total. The van der Waals surface area contributed by atoms with E-state index in [1.807, 2.05) is 0 Å². The van der Waals surface area contributed by atoms with E-state index in [1.54, 1.807) is 0 Å². The second-order valence-corrected chi connectivity index (χ2v) is 6.00. The normalized spacial score (nSPS) is 20.7. The van der Waals surface area contributed by atoms with Gasteiger partial charge < -0.3 is 5.32 Å². The van der Waals surface area contributed by atoms with E-state index in [2.05, 4.69) is 10.0 Å². The minimum atomic E-state index is -3.81. The first-order valence-corrected chi connectivity index (χ1v) is 7.03. The third-order valence-corrected chi connectivity index (χ3v) is 4.35. The van der Waals surface area contributed by atoms with E-state index in [-0.39, 0.29) is 16.0 Å². The molecule has 0 spiro atoms. The third kappa shape index (κ3) is 2.95. The van der Waals surface area contributed by atoms with Gasteiger partial charge in [-0.3, -0.25) is 0 Å². The first kappa shape index (κ1) is 12.8. The molecule has 1 fully saturated rings. The van der Waals surface area contributed by atoms with Crippen molar-refractivity contribution < 1.29 is 12.8 Å². The van der Waals surface area contributed by atoms with Crippen molar-refractivity contribution in [2.45, 2.75) is 17.4 Å². The van der Waals surface area contributed by atoms with Gasteiger partial charge in [-0.15, -0.1) is 0 Å². The van der Waals surface area contributed by atoms with E-state index >= 15 is 0 Å². The number of hydrogen-bond donors (Lipinski definition) is 2. The lowest BCUT2D eigenvalue weighted by atomic mass is 10.3. The fourth-order valence-corrected chi connectivity index (χ4v) is 3.22. The van der Waals surface area contributed by atoms with Gasteiger partial charge in [0.25, 0.3) is 0 Å². The molecular weight excluding hydrogens is 267 g/mol. The van der Waals surface area contributed by atoms with E-state index in [9.17, 15) is 12.8 Å². The maximum atomic E-state index is 13.5. The molecule has 17 heavy (non-hydrogen) atoms.